The molecule has 0 heterocycles. The zero-order valence-corrected chi connectivity index (χ0v) is 8.71. The molecule has 0 fully saturated rings. The van der Waals surface area contributed by atoms with Crippen LogP contribution in [0.5, 0.6) is 5.75 Å². The van der Waals surface area contributed by atoms with Crippen LogP contribution < -0.4 is 4.74 Å². The highest BCUT2D eigenvalue weighted by molar-refractivity contribution is 6.32. The maximum absolute atomic E-state index is 10.6. The van der Waals surface area contributed by atoms with E-state index in [2.05, 4.69) is 0 Å². The van der Waals surface area contributed by atoms with Gasteiger partial charge in [-0.1, -0.05) is 23.7 Å². The summed E-state index contributed by atoms with van der Waals surface area (Å²) in [5, 5.41) is 9.09. The minimum Gasteiger partial charge on any atom is -0.479 e. The molecule has 0 saturated carbocycles. The van der Waals surface area contributed by atoms with Crippen molar-refractivity contribution in [2.24, 2.45) is 0 Å². The summed E-state index contributed by atoms with van der Waals surface area (Å²) in [7, 11) is 0. The first-order valence-electron chi connectivity index (χ1n) is 4.17. The maximum Gasteiger partial charge on any atom is 0.344 e. The molecule has 3 nitrogen and oxygen atoms in total. The quantitative estimate of drug-likeness (QED) is 0.841. The Kier molecular flexibility index (Phi) is 3.36. The lowest BCUT2D eigenvalue weighted by Crippen LogP contribution is -2.23. The Labute approximate surface area is 87.3 Å². The molecule has 1 N–H and O–H groups in total. The van der Waals surface area contributed by atoms with Crippen molar-refractivity contribution in [1.82, 2.24) is 0 Å². The Bertz CT molecular complexity index is 329. The molecular weight excluding hydrogens is 204 g/mol. The largest absolute Gasteiger partial charge is 0.479 e. The van der Waals surface area contributed by atoms with Gasteiger partial charge in [-0.15, -0.1) is 0 Å². The third-order valence-electron chi connectivity index (χ3n) is 1.81. The molecular formula is C10H11ClO3. The second kappa shape index (κ2) is 4.33. The molecule has 0 amide bonds. The lowest BCUT2D eigenvalue weighted by Gasteiger charge is -2.13. The number of carboxylic acids is 1. The third kappa shape index (κ3) is 2.39. The summed E-state index contributed by atoms with van der Waals surface area (Å²) in [5.41, 5.74) is 0.825. The average molecular weight is 215 g/mol. The summed E-state index contributed by atoms with van der Waals surface area (Å²) in [4.78, 5) is 10.6. The van der Waals surface area contributed by atoms with Gasteiger partial charge in [-0.05, 0) is 25.5 Å². The number of benzene rings is 1. The van der Waals surface area contributed by atoms with Crippen molar-refractivity contribution in [1.29, 1.82) is 0 Å². The highest BCUT2D eigenvalue weighted by Gasteiger charge is 2.15. The van der Waals surface area contributed by atoms with E-state index in [1.807, 2.05) is 13.0 Å². The number of hydrogen-bond acceptors (Lipinski definition) is 2. The molecule has 0 spiro atoms. The van der Waals surface area contributed by atoms with Crippen LogP contribution in [0.1, 0.15) is 12.5 Å². The Balaban J connectivity index is 2.91. The molecule has 14 heavy (non-hydrogen) atoms. The van der Waals surface area contributed by atoms with E-state index in [-0.39, 0.29) is 0 Å². The van der Waals surface area contributed by atoms with Crippen molar-refractivity contribution in [3.8, 4) is 5.75 Å². The van der Waals surface area contributed by atoms with Crippen LogP contribution in [0.2, 0.25) is 5.02 Å². The van der Waals surface area contributed by atoms with Crippen molar-refractivity contribution in [2.75, 3.05) is 0 Å². The summed E-state index contributed by atoms with van der Waals surface area (Å²) < 4.78 is 5.21. The Morgan fingerprint density at radius 2 is 2.21 bits per heavy atom. The molecule has 1 aromatic carbocycles. The summed E-state index contributed by atoms with van der Waals surface area (Å²) in [6.07, 6.45) is -0.895. The predicted octanol–water partition coefficient (Wildman–Crippen LogP) is 2.50. The fraction of sp³-hybridized carbons (Fsp3) is 0.300. The van der Waals surface area contributed by atoms with Crippen LogP contribution in [-0.2, 0) is 4.79 Å². The van der Waals surface area contributed by atoms with Crippen molar-refractivity contribution < 1.29 is 14.6 Å². The predicted molar refractivity (Wildman–Crippen MR) is 53.9 cm³/mol. The van der Waals surface area contributed by atoms with Crippen molar-refractivity contribution in [3.63, 3.8) is 0 Å². The highest BCUT2D eigenvalue weighted by atomic mass is 35.5. The van der Waals surface area contributed by atoms with E-state index in [0.29, 0.717) is 10.8 Å². The van der Waals surface area contributed by atoms with Crippen molar-refractivity contribution in [3.05, 3.63) is 28.8 Å². The molecule has 0 saturated heterocycles. The van der Waals surface area contributed by atoms with Crippen LogP contribution >= 0.6 is 11.6 Å². The summed E-state index contributed by atoms with van der Waals surface area (Å²) in [6, 6.07) is 5.27. The average Bonchev–Trinajstić information content (AvgIpc) is 2.11. The SMILES string of the molecule is Cc1cccc(Cl)c1O[C@H](C)C(=O)O. The molecule has 76 valence electrons. The zero-order valence-electron chi connectivity index (χ0n) is 7.95. The van der Waals surface area contributed by atoms with Gasteiger partial charge in [-0.3, -0.25) is 0 Å². The van der Waals surface area contributed by atoms with Gasteiger partial charge in [0.15, 0.2) is 6.10 Å². The molecule has 0 unspecified atom stereocenters. The number of hydrogen-bond donors (Lipinski definition) is 1. The van der Waals surface area contributed by atoms with Gasteiger partial charge in [0, 0.05) is 0 Å². The second-order valence-corrected chi connectivity index (χ2v) is 3.39. The second-order valence-electron chi connectivity index (χ2n) is 2.98. The van der Waals surface area contributed by atoms with E-state index >= 15 is 0 Å². The maximum atomic E-state index is 10.6. The number of carbonyl (C=O) groups is 1. The molecule has 4 heteroatoms. The van der Waals surface area contributed by atoms with E-state index in [9.17, 15) is 4.79 Å². The van der Waals surface area contributed by atoms with Gasteiger partial charge in [0.05, 0.1) is 5.02 Å². The summed E-state index contributed by atoms with van der Waals surface area (Å²) >= 11 is 5.86. The number of halogens is 1. The molecule has 1 atom stereocenters. The van der Waals surface area contributed by atoms with Crippen LogP contribution in [0.4, 0.5) is 0 Å². The van der Waals surface area contributed by atoms with Crippen molar-refractivity contribution in [2.45, 2.75) is 20.0 Å². The molecule has 0 aliphatic carbocycles. The van der Waals surface area contributed by atoms with Crippen LogP contribution in [0.25, 0.3) is 0 Å². The van der Waals surface area contributed by atoms with E-state index < -0.39 is 12.1 Å². The number of rotatable bonds is 3. The highest BCUT2D eigenvalue weighted by Crippen LogP contribution is 2.28. The van der Waals surface area contributed by atoms with E-state index in [4.69, 9.17) is 21.4 Å². The van der Waals surface area contributed by atoms with Crippen molar-refractivity contribution >= 4 is 17.6 Å². The molecule has 1 aromatic rings. The topological polar surface area (TPSA) is 46.5 Å². The van der Waals surface area contributed by atoms with Gasteiger partial charge < -0.3 is 9.84 Å². The summed E-state index contributed by atoms with van der Waals surface area (Å²) in [6.45, 7) is 3.28. The Morgan fingerprint density at radius 3 is 2.71 bits per heavy atom. The molecule has 0 aromatic heterocycles. The van der Waals surface area contributed by atoms with Crippen LogP contribution in [0.3, 0.4) is 0 Å². The zero-order chi connectivity index (χ0) is 10.7. The fourth-order valence-corrected chi connectivity index (χ4v) is 1.26. The first-order valence-corrected chi connectivity index (χ1v) is 4.54. The number of para-hydroxylation sites is 1. The fourth-order valence-electron chi connectivity index (χ4n) is 0.993. The van der Waals surface area contributed by atoms with E-state index in [1.54, 1.807) is 12.1 Å². The van der Waals surface area contributed by atoms with Crippen LogP contribution in [0, 0.1) is 6.92 Å². The third-order valence-corrected chi connectivity index (χ3v) is 2.10. The first kappa shape index (κ1) is 10.9. The smallest absolute Gasteiger partial charge is 0.344 e. The Hall–Kier alpha value is -1.22. The van der Waals surface area contributed by atoms with Gasteiger partial charge in [0.2, 0.25) is 0 Å². The summed E-state index contributed by atoms with van der Waals surface area (Å²) in [5.74, 6) is -0.576. The number of aliphatic carboxylic acids is 1. The van der Waals surface area contributed by atoms with Gasteiger partial charge in [-0.25, -0.2) is 4.79 Å². The lowest BCUT2D eigenvalue weighted by atomic mass is 10.2. The molecule has 0 radical (unpaired) electrons. The van der Waals surface area contributed by atoms with E-state index in [0.717, 1.165) is 5.56 Å². The minimum absolute atomic E-state index is 0.429. The standard InChI is InChI=1S/C10H11ClO3/c1-6-4-3-5-8(11)9(6)14-7(2)10(12)13/h3-5,7H,1-2H3,(H,12,13)/t7-/m1/s1. The monoisotopic (exact) mass is 214 g/mol. The normalized spacial score (nSPS) is 12.2. The molecule has 1 rings (SSSR count). The lowest BCUT2D eigenvalue weighted by molar-refractivity contribution is -0.144. The van der Waals surface area contributed by atoms with Gasteiger partial charge in [-0.2, -0.15) is 0 Å². The number of ether oxygens (including phenoxy) is 1. The van der Waals surface area contributed by atoms with Gasteiger partial charge >= 0.3 is 5.97 Å². The molecule has 0 aliphatic rings. The molecule has 0 aliphatic heterocycles. The van der Waals surface area contributed by atoms with Crippen LogP contribution in [0.15, 0.2) is 18.2 Å². The molecule has 0 bridgehead atoms. The minimum atomic E-state index is -1.01. The Morgan fingerprint density at radius 1 is 1.57 bits per heavy atom. The van der Waals surface area contributed by atoms with E-state index in [1.165, 1.54) is 6.92 Å². The van der Waals surface area contributed by atoms with Gasteiger partial charge in [0.1, 0.15) is 5.75 Å². The van der Waals surface area contributed by atoms with Gasteiger partial charge in [0.25, 0.3) is 0 Å². The number of aryl methyl sites for hydroxylation is 1. The van der Waals surface area contributed by atoms with Crippen LogP contribution in [-0.4, -0.2) is 17.2 Å². The first-order chi connectivity index (χ1) is 6.52. The number of carboxylic acid groups (broad SMARTS) is 1.